The molecule has 4 aromatic rings. The Balaban J connectivity index is 1.23. The summed E-state index contributed by atoms with van der Waals surface area (Å²) in [5.74, 6) is 0.908. The molecule has 0 saturated heterocycles. The van der Waals surface area contributed by atoms with E-state index < -0.39 is 10.0 Å². The van der Waals surface area contributed by atoms with Crippen molar-refractivity contribution in [3.8, 4) is 0 Å². The minimum Gasteiger partial charge on any atom is -0.348 e. The standard InChI is InChI=1S/C28H29N5O2S/c34-36(35,33-18-23-5-1-2-6-24(23)19-33)25-12-10-21(11-13-25)17-32(20-27-29-15-16-30-27)26-9-3-7-22-8-4-14-31-28(22)26/h1-2,4-6,8,10-16,26H,3,7,9,17-20H2,(H,29,30). The van der Waals surface area contributed by atoms with Gasteiger partial charge in [0.25, 0.3) is 0 Å². The first kappa shape index (κ1) is 23.1. The lowest BCUT2D eigenvalue weighted by molar-refractivity contribution is 0.153. The van der Waals surface area contributed by atoms with Crippen LogP contribution in [0.2, 0.25) is 0 Å². The third-order valence-electron chi connectivity index (χ3n) is 7.27. The van der Waals surface area contributed by atoms with Crippen LogP contribution in [-0.4, -0.2) is 32.6 Å². The highest BCUT2D eigenvalue weighted by atomic mass is 32.2. The highest BCUT2D eigenvalue weighted by Crippen LogP contribution is 2.35. The van der Waals surface area contributed by atoms with Crippen molar-refractivity contribution in [2.45, 2.75) is 56.4 Å². The molecule has 8 heteroatoms. The largest absolute Gasteiger partial charge is 0.348 e. The number of imidazole rings is 1. The number of aromatic amines is 1. The summed E-state index contributed by atoms with van der Waals surface area (Å²) in [6, 6.07) is 19.6. The number of nitrogens with zero attached hydrogens (tertiary/aromatic N) is 4. The van der Waals surface area contributed by atoms with E-state index in [0.29, 0.717) is 31.1 Å². The molecule has 2 aromatic heterocycles. The van der Waals surface area contributed by atoms with Crippen LogP contribution in [0.15, 0.2) is 84.1 Å². The van der Waals surface area contributed by atoms with Crippen LogP contribution in [0.5, 0.6) is 0 Å². The van der Waals surface area contributed by atoms with Gasteiger partial charge in [0, 0.05) is 38.2 Å². The molecular weight excluding hydrogens is 470 g/mol. The molecule has 0 bridgehead atoms. The molecule has 0 radical (unpaired) electrons. The Hall–Kier alpha value is -3.33. The third-order valence-corrected chi connectivity index (χ3v) is 9.08. The summed E-state index contributed by atoms with van der Waals surface area (Å²) in [6.45, 7) is 2.19. The lowest BCUT2D eigenvalue weighted by Gasteiger charge is -2.34. The van der Waals surface area contributed by atoms with Gasteiger partial charge in [-0.15, -0.1) is 0 Å². The highest BCUT2D eigenvalue weighted by molar-refractivity contribution is 7.89. The van der Waals surface area contributed by atoms with Crippen LogP contribution in [0.25, 0.3) is 0 Å². The van der Waals surface area contributed by atoms with Crippen molar-refractivity contribution < 1.29 is 8.42 Å². The van der Waals surface area contributed by atoms with Crippen LogP contribution in [0.4, 0.5) is 0 Å². The Bertz CT molecular complexity index is 1430. The predicted octanol–water partition coefficient (Wildman–Crippen LogP) is 4.59. The minimum atomic E-state index is -3.56. The van der Waals surface area contributed by atoms with Crippen molar-refractivity contribution in [2.75, 3.05) is 0 Å². The zero-order valence-electron chi connectivity index (χ0n) is 20.0. The van der Waals surface area contributed by atoms with Crippen molar-refractivity contribution in [1.29, 1.82) is 0 Å². The molecule has 0 spiro atoms. The van der Waals surface area contributed by atoms with Crippen LogP contribution in [0.3, 0.4) is 0 Å². The van der Waals surface area contributed by atoms with Gasteiger partial charge in [0.15, 0.2) is 0 Å². The fourth-order valence-electron chi connectivity index (χ4n) is 5.42. The van der Waals surface area contributed by atoms with E-state index in [4.69, 9.17) is 4.98 Å². The molecule has 6 rings (SSSR count). The van der Waals surface area contributed by atoms with Crippen molar-refractivity contribution in [2.24, 2.45) is 0 Å². The number of rotatable bonds is 7. The predicted molar refractivity (Wildman–Crippen MR) is 137 cm³/mol. The third kappa shape index (κ3) is 4.48. The highest BCUT2D eigenvalue weighted by Gasteiger charge is 2.31. The van der Waals surface area contributed by atoms with E-state index in [1.165, 1.54) is 5.56 Å². The number of aryl methyl sites for hydroxylation is 1. The maximum absolute atomic E-state index is 13.3. The van der Waals surface area contributed by atoms with Gasteiger partial charge in [0.05, 0.1) is 23.2 Å². The lowest BCUT2D eigenvalue weighted by atomic mass is 9.90. The van der Waals surface area contributed by atoms with Gasteiger partial charge < -0.3 is 4.98 Å². The first-order valence-electron chi connectivity index (χ1n) is 12.4. The molecule has 1 aliphatic heterocycles. The topological polar surface area (TPSA) is 82.2 Å². The second-order valence-electron chi connectivity index (χ2n) is 9.58. The van der Waals surface area contributed by atoms with Crippen LogP contribution in [0, 0.1) is 0 Å². The van der Waals surface area contributed by atoms with Gasteiger partial charge in [-0.3, -0.25) is 9.88 Å². The van der Waals surface area contributed by atoms with Gasteiger partial charge in [-0.25, -0.2) is 13.4 Å². The number of aromatic nitrogens is 3. The quantitative estimate of drug-likeness (QED) is 0.402. The average Bonchev–Trinajstić information content (AvgIpc) is 3.59. The Morgan fingerprint density at radius 2 is 1.64 bits per heavy atom. The van der Waals surface area contributed by atoms with E-state index >= 15 is 0 Å². The Morgan fingerprint density at radius 1 is 0.889 bits per heavy atom. The fourth-order valence-corrected chi connectivity index (χ4v) is 6.81. The molecule has 1 aliphatic carbocycles. The number of sulfonamides is 1. The summed E-state index contributed by atoms with van der Waals surface area (Å²) >= 11 is 0. The van der Waals surface area contributed by atoms with Crippen LogP contribution in [0.1, 0.15) is 52.7 Å². The second kappa shape index (κ2) is 9.61. The number of benzene rings is 2. The molecule has 1 atom stereocenters. The summed E-state index contributed by atoms with van der Waals surface area (Å²) in [6.07, 6.45) is 8.70. The van der Waals surface area contributed by atoms with E-state index in [1.54, 1.807) is 22.6 Å². The van der Waals surface area contributed by atoms with E-state index in [-0.39, 0.29) is 6.04 Å². The Kier molecular flexibility index (Phi) is 6.17. The fraction of sp³-hybridized carbons (Fsp3) is 0.286. The molecule has 2 aliphatic rings. The van der Waals surface area contributed by atoms with Crippen molar-refractivity contribution in [1.82, 2.24) is 24.2 Å². The van der Waals surface area contributed by atoms with Gasteiger partial charge in [-0.1, -0.05) is 42.5 Å². The van der Waals surface area contributed by atoms with Crippen LogP contribution < -0.4 is 0 Å². The van der Waals surface area contributed by atoms with Crippen molar-refractivity contribution in [3.05, 3.63) is 113 Å². The number of hydrogen-bond donors (Lipinski definition) is 1. The number of H-pyrrole nitrogens is 1. The Morgan fingerprint density at radius 3 is 2.36 bits per heavy atom. The van der Waals surface area contributed by atoms with Gasteiger partial charge in [0.2, 0.25) is 10.0 Å². The minimum absolute atomic E-state index is 0.187. The number of nitrogens with one attached hydrogen (secondary N) is 1. The molecule has 1 N–H and O–H groups in total. The number of hydrogen-bond acceptors (Lipinski definition) is 5. The maximum Gasteiger partial charge on any atom is 0.243 e. The van der Waals surface area contributed by atoms with Gasteiger partial charge >= 0.3 is 0 Å². The molecule has 3 heterocycles. The van der Waals surface area contributed by atoms with E-state index in [0.717, 1.165) is 47.5 Å². The zero-order chi connectivity index (χ0) is 24.5. The van der Waals surface area contributed by atoms with Crippen molar-refractivity contribution in [3.63, 3.8) is 0 Å². The molecule has 1 unspecified atom stereocenters. The molecule has 184 valence electrons. The normalized spacial score (nSPS) is 17.8. The molecule has 0 fully saturated rings. The molecule has 36 heavy (non-hydrogen) atoms. The van der Waals surface area contributed by atoms with Crippen LogP contribution >= 0.6 is 0 Å². The smallest absolute Gasteiger partial charge is 0.243 e. The summed E-state index contributed by atoms with van der Waals surface area (Å²) in [5, 5.41) is 0. The SMILES string of the molecule is O=S(=O)(c1ccc(CN(Cc2ncc[nH]2)C2CCCc3cccnc32)cc1)N1Cc2ccccc2C1. The van der Waals surface area contributed by atoms with E-state index in [2.05, 4.69) is 20.9 Å². The number of fused-ring (bicyclic) bond motifs is 2. The average molecular weight is 500 g/mol. The molecule has 0 amide bonds. The first-order valence-corrected chi connectivity index (χ1v) is 13.8. The van der Waals surface area contributed by atoms with Crippen LogP contribution in [-0.2, 0) is 42.6 Å². The zero-order valence-corrected chi connectivity index (χ0v) is 20.9. The first-order chi connectivity index (χ1) is 17.6. The van der Waals surface area contributed by atoms with Gasteiger partial charge in [-0.2, -0.15) is 4.31 Å². The summed E-state index contributed by atoms with van der Waals surface area (Å²) in [5.41, 5.74) is 5.67. The van der Waals surface area contributed by atoms with Gasteiger partial charge in [0.1, 0.15) is 5.82 Å². The monoisotopic (exact) mass is 499 g/mol. The van der Waals surface area contributed by atoms with E-state index in [1.807, 2.05) is 54.9 Å². The summed E-state index contributed by atoms with van der Waals surface area (Å²) in [7, 11) is -3.56. The lowest BCUT2D eigenvalue weighted by Crippen LogP contribution is -2.32. The van der Waals surface area contributed by atoms with Crippen molar-refractivity contribution >= 4 is 10.0 Å². The number of pyridine rings is 1. The van der Waals surface area contributed by atoms with Gasteiger partial charge in [-0.05, 0) is 59.7 Å². The summed E-state index contributed by atoms with van der Waals surface area (Å²) < 4.78 is 28.2. The van der Waals surface area contributed by atoms with E-state index in [9.17, 15) is 8.42 Å². The summed E-state index contributed by atoms with van der Waals surface area (Å²) in [4.78, 5) is 15.2. The second-order valence-corrected chi connectivity index (χ2v) is 11.5. The Labute approximate surface area is 211 Å². The molecular formula is C28H29N5O2S. The maximum atomic E-state index is 13.3. The molecule has 0 saturated carbocycles. The molecule has 7 nitrogen and oxygen atoms in total. The molecule has 2 aromatic carbocycles.